The van der Waals surface area contributed by atoms with Crippen LogP contribution in [-0.4, -0.2) is 18.2 Å². The van der Waals surface area contributed by atoms with Gasteiger partial charge in [0.05, 0.1) is 0 Å². The van der Waals surface area contributed by atoms with E-state index in [1.807, 2.05) is 31.2 Å². The van der Waals surface area contributed by atoms with E-state index in [2.05, 4.69) is 9.82 Å². The first-order valence-electron chi connectivity index (χ1n) is 5.73. The molecule has 0 aliphatic heterocycles. The van der Waals surface area contributed by atoms with Crippen molar-refractivity contribution in [3.63, 3.8) is 0 Å². The predicted molar refractivity (Wildman–Crippen MR) is 72.8 cm³/mol. The Labute approximate surface area is 112 Å². The van der Waals surface area contributed by atoms with E-state index < -0.39 is 10.0 Å². The Bertz CT molecular complexity index is 692. The molecule has 0 radical (unpaired) electrons. The van der Waals surface area contributed by atoms with Crippen LogP contribution in [0.3, 0.4) is 0 Å². The van der Waals surface area contributed by atoms with Gasteiger partial charge in [0.25, 0.3) is 0 Å². The van der Waals surface area contributed by atoms with Crippen molar-refractivity contribution in [1.29, 1.82) is 0 Å². The van der Waals surface area contributed by atoms with E-state index in [4.69, 9.17) is 5.73 Å². The van der Waals surface area contributed by atoms with Crippen molar-refractivity contribution in [2.24, 2.45) is 7.05 Å². The second-order valence-corrected chi connectivity index (χ2v) is 6.04. The van der Waals surface area contributed by atoms with E-state index in [1.54, 1.807) is 7.05 Å². The average molecular weight is 280 g/mol. The smallest absolute Gasteiger partial charge is 0.246 e. The number of aryl methyl sites for hydroxylation is 2. The van der Waals surface area contributed by atoms with Crippen LogP contribution in [0.1, 0.15) is 11.1 Å². The van der Waals surface area contributed by atoms with Crippen molar-refractivity contribution in [1.82, 2.24) is 14.5 Å². The highest BCUT2D eigenvalue weighted by atomic mass is 32.2. The SMILES string of the molecule is Cc1ccccc1CNS(=O)(=O)c1cn(C)nc1N. The molecule has 0 saturated carbocycles. The Morgan fingerprint density at radius 2 is 2.05 bits per heavy atom. The number of nitrogens with two attached hydrogens (primary N) is 1. The summed E-state index contributed by atoms with van der Waals surface area (Å²) in [5.41, 5.74) is 7.53. The summed E-state index contributed by atoms with van der Waals surface area (Å²) in [7, 11) is -2.02. The van der Waals surface area contributed by atoms with Gasteiger partial charge < -0.3 is 5.73 Å². The first kappa shape index (κ1) is 13.6. The van der Waals surface area contributed by atoms with Gasteiger partial charge in [-0.1, -0.05) is 24.3 Å². The van der Waals surface area contributed by atoms with Crippen molar-refractivity contribution >= 4 is 15.8 Å². The highest BCUT2D eigenvalue weighted by Crippen LogP contribution is 2.16. The molecule has 1 aromatic carbocycles. The molecule has 0 bridgehead atoms. The minimum Gasteiger partial charge on any atom is -0.381 e. The monoisotopic (exact) mass is 280 g/mol. The van der Waals surface area contributed by atoms with Crippen LogP contribution in [0, 0.1) is 6.92 Å². The molecule has 6 nitrogen and oxygen atoms in total. The van der Waals surface area contributed by atoms with Gasteiger partial charge in [0.2, 0.25) is 10.0 Å². The number of nitrogens with one attached hydrogen (secondary N) is 1. The van der Waals surface area contributed by atoms with Gasteiger partial charge in [0.15, 0.2) is 5.82 Å². The number of anilines is 1. The van der Waals surface area contributed by atoms with E-state index in [0.29, 0.717) is 0 Å². The molecule has 1 aromatic heterocycles. The summed E-state index contributed by atoms with van der Waals surface area (Å²) in [5.74, 6) is -0.000200. The van der Waals surface area contributed by atoms with Crippen LogP contribution in [0.4, 0.5) is 5.82 Å². The van der Waals surface area contributed by atoms with Gasteiger partial charge in [-0.25, -0.2) is 13.1 Å². The van der Waals surface area contributed by atoms with Gasteiger partial charge in [-0.05, 0) is 18.1 Å². The second-order valence-electron chi connectivity index (χ2n) is 4.30. The lowest BCUT2D eigenvalue weighted by atomic mass is 10.1. The van der Waals surface area contributed by atoms with Crippen molar-refractivity contribution in [3.8, 4) is 0 Å². The molecule has 0 saturated heterocycles. The highest BCUT2D eigenvalue weighted by Gasteiger charge is 2.20. The first-order chi connectivity index (χ1) is 8.90. The third kappa shape index (κ3) is 2.94. The zero-order valence-corrected chi connectivity index (χ0v) is 11.6. The zero-order chi connectivity index (χ0) is 14.0. The summed E-state index contributed by atoms with van der Waals surface area (Å²) in [5, 5.41) is 3.83. The Kier molecular flexibility index (Phi) is 3.59. The van der Waals surface area contributed by atoms with Crippen molar-refractivity contribution in [2.45, 2.75) is 18.4 Å². The molecule has 0 aliphatic rings. The minimum absolute atomic E-state index is 0.000200. The molecule has 0 aliphatic carbocycles. The summed E-state index contributed by atoms with van der Waals surface area (Å²) >= 11 is 0. The first-order valence-corrected chi connectivity index (χ1v) is 7.22. The van der Waals surface area contributed by atoms with Crippen molar-refractivity contribution < 1.29 is 8.42 Å². The molecule has 0 fully saturated rings. The van der Waals surface area contributed by atoms with Crippen molar-refractivity contribution in [3.05, 3.63) is 41.6 Å². The lowest BCUT2D eigenvalue weighted by Crippen LogP contribution is -2.24. The summed E-state index contributed by atoms with van der Waals surface area (Å²) < 4.78 is 28.1. The molecular formula is C12H16N4O2S. The zero-order valence-electron chi connectivity index (χ0n) is 10.8. The van der Waals surface area contributed by atoms with Gasteiger partial charge in [-0.15, -0.1) is 0 Å². The van der Waals surface area contributed by atoms with E-state index >= 15 is 0 Å². The Balaban J connectivity index is 2.19. The topological polar surface area (TPSA) is 90.0 Å². The number of sulfonamides is 1. The number of hydrogen-bond acceptors (Lipinski definition) is 4. The Hall–Kier alpha value is -1.86. The summed E-state index contributed by atoms with van der Waals surface area (Å²) in [4.78, 5) is 0.00332. The quantitative estimate of drug-likeness (QED) is 0.866. The van der Waals surface area contributed by atoms with Crippen LogP contribution >= 0.6 is 0 Å². The van der Waals surface area contributed by atoms with Crippen LogP contribution < -0.4 is 10.5 Å². The van der Waals surface area contributed by atoms with Gasteiger partial charge in [0, 0.05) is 19.8 Å². The molecule has 0 atom stereocenters. The molecule has 7 heteroatoms. The molecule has 0 amide bonds. The van der Waals surface area contributed by atoms with E-state index in [1.165, 1.54) is 10.9 Å². The molecule has 2 aromatic rings. The molecule has 19 heavy (non-hydrogen) atoms. The average Bonchev–Trinajstić information content (AvgIpc) is 2.68. The van der Waals surface area contributed by atoms with Gasteiger partial charge in [0.1, 0.15) is 4.90 Å². The minimum atomic E-state index is -3.64. The third-order valence-electron chi connectivity index (χ3n) is 2.83. The fourth-order valence-electron chi connectivity index (χ4n) is 1.75. The molecule has 0 unspecified atom stereocenters. The van der Waals surface area contributed by atoms with E-state index in [9.17, 15) is 8.42 Å². The van der Waals surface area contributed by atoms with Crippen molar-refractivity contribution in [2.75, 3.05) is 5.73 Å². The summed E-state index contributed by atoms with van der Waals surface area (Å²) in [6.07, 6.45) is 1.38. The second kappa shape index (κ2) is 5.02. The molecule has 102 valence electrons. The fraction of sp³-hybridized carbons (Fsp3) is 0.250. The molecular weight excluding hydrogens is 264 g/mol. The lowest BCUT2D eigenvalue weighted by molar-refractivity contribution is 0.581. The number of nitrogen functional groups attached to an aromatic ring is 1. The van der Waals surface area contributed by atoms with Crippen LogP contribution in [0.2, 0.25) is 0 Å². The summed E-state index contributed by atoms with van der Waals surface area (Å²) in [6, 6.07) is 7.59. The Morgan fingerprint density at radius 3 is 2.63 bits per heavy atom. The van der Waals surface area contributed by atoms with Gasteiger partial charge in [-0.3, -0.25) is 4.68 Å². The maximum absolute atomic E-state index is 12.1. The van der Waals surface area contributed by atoms with Gasteiger partial charge >= 0.3 is 0 Å². The maximum atomic E-state index is 12.1. The number of aromatic nitrogens is 2. The molecule has 3 N–H and O–H groups in total. The highest BCUT2D eigenvalue weighted by molar-refractivity contribution is 7.89. The molecule has 0 spiro atoms. The van der Waals surface area contributed by atoms with Gasteiger partial charge in [-0.2, -0.15) is 5.10 Å². The van der Waals surface area contributed by atoms with E-state index in [0.717, 1.165) is 11.1 Å². The standard InChI is InChI=1S/C12H16N4O2S/c1-9-5-3-4-6-10(9)7-14-19(17,18)11-8-16(2)15-12(11)13/h3-6,8,14H,7H2,1-2H3,(H2,13,15). The summed E-state index contributed by atoms with van der Waals surface area (Å²) in [6.45, 7) is 2.16. The number of rotatable bonds is 4. The maximum Gasteiger partial charge on any atom is 0.246 e. The van der Waals surface area contributed by atoms with Crippen LogP contribution in [-0.2, 0) is 23.6 Å². The van der Waals surface area contributed by atoms with Crippen LogP contribution in [0.5, 0.6) is 0 Å². The number of benzene rings is 1. The van der Waals surface area contributed by atoms with Crippen LogP contribution in [0.25, 0.3) is 0 Å². The molecule has 1 heterocycles. The normalized spacial score (nSPS) is 11.7. The van der Waals surface area contributed by atoms with E-state index in [-0.39, 0.29) is 17.3 Å². The Morgan fingerprint density at radius 1 is 1.37 bits per heavy atom. The number of nitrogens with zero attached hydrogens (tertiary/aromatic N) is 2. The number of hydrogen-bond donors (Lipinski definition) is 2. The third-order valence-corrected chi connectivity index (χ3v) is 4.24. The predicted octanol–water partition coefficient (Wildman–Crippen LogP) is 0.789. The lowest BCUT2D eigenvalue weighted by Gasteiger charge is -2.07. The fourth-order valence-corrected chi connectivity index (χ4v) is 2.86. The molecule has 2 rings (SSSR count). The largest absolute Gasteiger partial charge is 0.381 e. The van der Waals surface area contributed by atoms with Crippen LogP contribution in [0.15, 0.2) is 35.4 Å².